The molecule has 104 valence electrons. The van der Waals surface area contributed by atoms with Crippen LogP contribution >= 0.6 is 0 Å². The number of aromatic hydroxyl groups is 3. The zero-order chi connectivity index (χ0) is 14.9. The molecule has 0 spiro atoms. The van der Waals surface area contributed by atoms with Crippen LogP contribution in [-0.4, -0.2) is 26.4 Å². The molecule has 2 aromatic carbocycles. The third kappa shape index (κ3) is 2.74. The molecule has 0 bridgehead atoms. The summed E-state index contributed by atoms with van der Waals surface area (Å²) in [6.45, 7) is 1.75. The number of hydrogen-bond donors (Lipinski definition) is 4. The summed E-state index contributed by atoms with van der Waals surface area (Å²) in [5.41, 5.74) is 0.276. The van der Waals surface area contributed by atoms with Gasteiger partial charge in [0.05, 0.1) is 0 Å². The Labute approximate surface area is 114 Å². The molecule has 0 aliphatic rings. The number of benzene rings is 2. The molecule has 20 heavy (non-hydrogen) atoms. The smallest absolute Gasteiger partial charge is 0.339 e. The van der Waals surface area contributed by atoms with Gasteiger partial charge < -0.3 is 25.2 Å². The van der Waals surface area contributed by atoms with Crippen molar-refractivity contribution < 1.29 is 30.0 Å². The fraction of sp³-hybridized carbons (Fsp3) is 0.0714. The quantitative estimate of drug-likeness (QED) is 0.642. The molecular formula is C14H12O6. The second kappa shape index (κ2) is 5.00. The van der Waals surface area contributed by atoms with E-state index in [2.05, 4.69) is 0 Å². The average molecular weight is 276 g/mol. The summed E-state index contributed by atoms with van der Waals surface area (Å²) in [7, 11) is 0. The molecular weight excluding hydrogens is 264 g/mol. The molecule has 6 nitrogen and oxygen atoms in total. The standard InChI is InChI=1S/C14H12O6/c1-7-2-8(15)4-9(3-7)20-10-5-11(14(18)19)13(17)12(16)6-10/h2-6,15-17H,1H3,(H,18,19). The largest absolute Gasteiger partial charge is 0.508 e. The first-order valence-corrected chi connectivity index (χ1v) is 5.64. The predicted molar refractivity (Wildman–Crippen MR) is 69.6 cm³/mol. The van der Waals surface area contributed by atoms with Crippen LogP contribution in [0.15, 0.2) is 30.3 Å². The molecule has 0 radical (unpaired) electrons. The van der Waals surface area contributed by atoms with Gasteiger partial charge in [0.25, 0.3) is 0 Å². The van der Waals surface area contributed by atoms with Crippen molar-refractivity contribution in [2.75, 3.05) is 0 Å². The highest BCUT2D eigenvalue weighted by atomic mass is 16.5. The highest BCUT2D eigenvalue weighted by Crippen LogP contribution is 2.36. The minimum atomic E-state index is -1.39. The van der Waals surface area contributed by atoms with Gasteiger partial charge in [0, 0.05) is 12.1 Å². The number of hydrogen-bond acceptors (Lipinski definition) is 5. The van der Waals surface area contributed by atoms with E-state index in [0.717, 1.165) is 17.7 Å². The summed E-state index contributed by atoms with van der Waals surface area (Å²) in [5.74, 6) is -2.41. The monoisotopic (exact) mass is 276 g/mol. The number of ether oxygens (including phenoxy) is 1. The lowest BCUT2D eigenvalue weighted by atomic mass is 10.1. The fourth-order valence-corrected chi connectivity index (χ4v) is 1.74. The minimum Gasteiger partial charge on any atom is -0.508 e. The number of aromatic carboxylic acids is 1. The van der Waals surface area contributed by atoms with Crippen LogP contribution in [0.2, 0.25) is 0 Å². The maximum absolute atomic E-state index is 10.9. The minimum absolute atomic E-state index is 0.00135. The predicted octanol–water partition coefficient (Wildman–Crippen LogP) is 2.60. The molecule has 4 N–H and O–H groups in total. The first-order valence-electron chi connectivity index (χ1n) is 5.64. The Morgan fingerprint density at radius 3 is 2.25 bits per heavy atom. The molecule has 6 heteroatoms. The number of carboxylic acid groups (broad SMARTS) is 1. The van der Waals surface area contributed by atoms with Crippen molar-refractivity contribution in [1.82, 2.24) is 0 Å². The first kappa shape index (κ1) is 13.5. The van der Waals surface area contributed by atoms with Crippen molar-refractivity contribution in [1.29, 1.82) is 0 Å². The lowest BCUT2D eigenvalue weighted by Crippen LogP contribution is -1.98. The second-order valence-electron chi connectivity index (χ2n) is 4.25. The normalized spacial score (nSPS) is 10.2. The third-order valence-electron chi connectivity index (χ3n) is 2.57. The second-order valence-corrected chi connectivity index (χ2v) is 4.25. The molecule has 0 fully saturated rings. The maximum atomic E-state index is 10.9. The molecule has 0 amide bonds. The Morgan fingerprint density at radius 1 is 1.00 bits per heavy atom. The molecule has 2 aromatic rings. The summed E-state index contributed by atoms with van der Waals surface area (Å²) in [6, 6.07) is 6.67. The number of rotatable bonds is 3. The molecule has 2 rings (SSSR count). The first-order chi connectivity index (χ1) is 9.36. The van der Waals surface area contributed by atoms with Gasteiger partial charge in [0.2, 0.25) is 0 Å². The van der Waals surface area contributed by atoms with E-state index in [1.165, 1.54) is 12.1 Å². The Kier molecular flexibility index (Phi) is 3.39. The van der Waals surface area contributed by atoms with E-state index in [-0.39, 0.29) is 17.2 Å². The Bertz CT molecular complexity index is 657. The van der Waals surface area contributed by atoms with Crippen LogP contribution in [0.25, 0.3) is 0 Å². The molecule has 0 aliphatic heterocycles. The fourth-order valence-electron chi connectivity index (χ4n) is 1.74. The summed E-state index contributed by atoms with van der Waals surface area (Å²) in [6.07, 6.45) is 0. The van der Waals surface area contributed by atoms with Gasteiger partial charge in [0.15, 0.2) is 11.5 Å². The van der Waals surface area contributed by atoms with Crippen LogP contribution in [0.5, 0.6) is 28.7 Å². The van der Waals surface area contributed by atoms with Gasteiger partial charge in [-0.1, -0.05) is 0 Å². The van der Waals surface area contributed by atoms with Crippen molar-refractivity contribution >= 4 is 5.97 Å². The van der Waals surface area contributed by atoms with Gasteiger partial charge in [0.1, 0.15) is 22.8 Å². The Hall–Kier alpha value is -2.89. The van der Waals surface area contributed by atoms with Gasteiger partial charge in [-0.15, -0.1) is 0 Å². The van der Waals surface area contributed by atoms with Gasteiger partial charge in [-0.05, 0) is 30.7 Å². The van der Waals surface area contributed by atoms with Crippen LogP contribution in [0.1, 0.15) is 15.9 Å². The maximum Gasteiger partial charge on any atom is 0.339 e. The van der Waals surface area contributed by atoms with E-state index in [0.29, 0.717) is 0 Å². The van der Waals surface area contributed by atoms with Crippen LogP contribution in [0.3, 0.4) is 0 Å². The molecule has 0 aliphatic carbocycles. The highest BCUT2D eigenvalue weighted by Gasteiger charge is 2.16. The van der Waals surface area contributed by atoms with E-state index < -0.39 is 23.0 Å². The van der Waals surface area contributed by atoms with E-state index in [1.54, 1.807) is 13.0 Å². The number of aryl methyl sites for hydroxylation is 1. The lowest BCUT2D eigenvalue weighted by Gasteiger charge is -2.10. The van der Waals surface area contributed by atoms with Crippen LogP contribution in [0, 0.1) is 6.92 Å². The van der Waals surface area contributed by atoms with Crippen molar-refractivity contribution in [3.63, 3.8) is 0 Å². The highest BCUT2D eigenvalue weighted by molar-refractivity contribution is 5.92. The van der Waals surface area contributed by atoms with Crippen molar-refractivity contribution in [3.8, 4) is 28.7 Å². The number of carboxylic acids is 1. The van der Waals surface area contributed by atoms with Crippen molar-refractivity contribution in [3.05, 3.63) is 41.5 Å². The number of carbonyl (C=O) groups is 1. The average Bonchev–Trinajstić information content (AvgIpc) is 2.31. The van der Waals surface area contributed by atoms with E-state index in [1.807, 2.05) is 0 Å². The lowest BCUT2D eigenvalue weighted by molar-refractivity contribution is 0.0692. The molecule has 0 unspecified atom stereocenters. The zero-order valence-electron chi connectivity index (χ0n) is 10.5. The molecule has 0 saturated heterocycles. The number of phenolic OH excluding ortho intramolecular Hbond substituents is 2. The Morgan fingerprint density at radius 2 is 1.65 bits per heavy atom. The number of phenols is 3. The summed E-state index contributed by atoms with van der Waals surface area (Å²) in [5, 5.41) is 37.2. The molecule has 0 atom stereocenters. The van der Waals surface area contributed by atoms with E-state index in [4.69, 9.17) is 9.84 Å². The van der Waals surface area contributed by atoms with Crippen LogP contribution < -0.4 is 4.74 Å². The van der Waals surface area contributed by atoms with Crippen molar-refractivity contribution in [2.45, 2.75) is 6.92 Å². The van der Waals surface area contributed by atoms with E-state index in [9.17, 15) is 20.1 Å². The van der Waals surface area contributed by atoms with E-state index >= 15 is 0 Å². The van der Waals surface area contributed by atoms with Gasteiger partial charge >= 0.3 is 5.97 Å². The molecule has 0 saturated carbocycles. The topological polar surface area (TPSA) is 107 Å². The third-order valence-corrected chi connectivity index (χ3v) is 2.57. The SMILES string of the molecule is Cc1cc(O)cc(Oc2cc(O)c(O)c(C(=O)O)c2)c1. The van der Waals surface area contributed by atoms with Crippen LogP contribution in [0.4, 0.5) is 0 Å². The summed E-state index contributed by atoms with van der Waals surface area (Å²) in [4.78, 5) is 10.9. The van der Waals surface area contributed by atoms with Crippen LogP contribution in [-0.2, 0) is 0 Å². The molecule has 0 heterocycles. The van der Waals surface area contributed by atoms with Gasteiger partial charge in [-0.2, -0.15) is 0 Å². The van der Waals surface area contributed by atoms with Crippen molar-refractivity contribution in [2.24, 2.45) is 0 Å². The zero-order valence-corrected chi connectivity index (χ0v) is 10.5. The molecule has 0 aromatic heterocycles. The van der Waals surface area contributed by atoms with Gasteiger partial charge in [-0.25, -0.2) is 4.79 Å². The Balaban J connectivity index is 2.41. The van der Waals surface area contributed by atoms with Gasteiger partial charge in [-0.3, -0.25) is 0 Å². The summed E-state index contributed by atoms with van der Waals surface area (Å²) < 4.78 is 5.37. The summed E-state index contributed by atoms with van der Waals surface area (Å²) >= 11 is 0.